The first-order chi connectivity index (χ1) is 8.72. The van der Waals surface area contributed by atoms with E-state index in [2.05, 4.69) is 15.0 Å². The van der Waals surface area contributed by atoms with Crippen LogP contribution in [0.15, 0.2) is 5.38 Å². The van der Waals surface area contributed by atoms with E-state index in [4.69, 9.17) is 4.74 Å². The van der Waals surface area contributed by atoms with Gasteiger partial charge in [-0.25, -0.2) is 4.98 Å². The van der Waals surface area contributed by atoms with E-state index in [9.17, 15) is 4.79 Å². The molecule has 1 N–H and O–H groups in total. The van der Waals surface area contributed by atoms with Crippen LogP contribution in [0.3, 0.4) is 0 Å². The fraction of sp³-hybridized carbons (Fsp3) is 0.667. The highest BCUT2D eigenvalue weighted by molar-refractivity contribution is 7.13. The predicted octanol–water partition coefficient (Wildman–Crippen LogP) is 1.84. The molecule has 1 saturated carbocycles. The van der Waals surface area contributed by atoms with E-state index in [1.54, 1.807) is 7.11 Å². The lowest BCUT2D eigenvalue weighted by atomic mass is 10.2. The molecule has 0 aliphatic heterocycles. The van der Waals surface area contributed by atoms with Crippen molar-refractivity contribution in [1.82, 2.24) is 4.98 Å². The fourth-order valence-electron chi connectivity index (χ4n) is 2.21. The molecule has 100 valence electrons. The first kappa shape index (κ1) is 13.3. The van der Waals surface area contributed by atoms with Crippen molar-refractivity contribution in [2.45, 2.75) is 37.8 Å². The number of rotatable bonds is 5. The van der Waals surface area contributed by atoms with Crippen LogP contribution in [0.2, 0.25) is 0 Å². The number of thiazole rings is 1. The van der Waals surface area contributed by atoms with Gasteiger partial charge in [-0.3, -0.25) is 4.79 Å². The molecule has 2 rings (SSSR count). The minimum absolute atomic E-state index is 0.229. The van der Waals surface area contributed by atoms with Gasteiger partial charge in [-0.15, -0.1) is 11.3 Å². The molecule has 1 aliphatic rings. The van der Waals surface area contributed by atoms with Gasteiger partial charge in [0.1, 0.15) is 0 Å². The molecule has 0 aromatic carbocycles. The van der Waals surface area contributed by atoms with Gasteiger partial charge in [0.2, 0.25) is 0 Å². The predicted molar refractivity (Wildman–Crippen MR) is 69.9 cm³/mol. The van der Waals surface area contributed by atoms with Gasteiger partial charge in [0.25, 0.3) is 0 Å². The van der Waals surface area contributed by atoms with E-state index >= 15 is 0 Å². The number of ether oxygens (including phenoxy) is 2. The summed E-state index contributed by atoms with van der Waals surface area (Å²) in [5, 5.41) is 6.12. The second kappa shape index (κ2) is 6.15. The summed E-state index contributed by atoms with van der Waals surface area (Å²) < 4.78 is 10.0. The molecular formula is C12H18N2O3S. The summed E-state index contributed by atoms with van der Waals surface area (Å²) in [6, 6.07) is 0.326. The van der Waals surface area contributed by atoms with Crippen LogP contribution in [-0.2, 0) is 20.7 Å². The Bertz CT molecular complexity index is 408. The molecule has 2 unspecified atom stereocenters. The summed E-state index contributed by atoms with van der Waals surface area (Å²) in [6.45, 7) is 0. The second-order valence-corrected chi connectivity index (χ2v) is 5.21. The summed E-state index contributed by atoms with van der Waals surface area (Å²) in [6.07, 6.45) is 3.86. The zero-order chi connectivity index (χ0) is 13.0. The van der Waals surface area contributed by atoms with Crippen molar-refractivity contribution < 1.29 is 14.3 Å². The number of esters is 1. The number of anilines is 1. The van der Waals surface area contributed by atoms with E-state index in [0.29, 0.717) is 6.04 Å². The third-order valence-electron chi connectivity index (χ3n) is 3.17. The molecule has 0 spiro atoms. The standard InChI is InChI=1S/C12H18N2O3S/c1-16-10-5-3-4-9(10)14-12-13-8(7-18-12)6-11(15)17-2/h7,9-10H,3-6H2,1-2H3,(H,13,14). The maximum absolute atomic E-state index is 11.1. The van der Waals surface area contributed by atoms with Crippen molar-refractivity contribution in [3.05, 3.63) is 11.1 Å². The highest BCUT2D eigenvalue weighted by Gasteiger charge is 2.27. The zero-order valence-corrected chi connectivity index (χ0v) is 11.5. The fourth-order valence-corrected chi connectivity index (χ4v) is 2.98. The largest absolute Gasteiger partial charge is 0.469 e. The average Bonchev–Trinajstić information content (AvgIpc) is 2.99. The van der Waals surface area contributed by atoms with Gasteiger partial charge in [-0.05, 0) is 19.3 Å². The number of nitrogens with one attached hydrogen (secondary N) is 1. The maximum Gasteiger partial charge on any atom is 0.311 e. The van der Waals surface area contributed by atoms with Gasteiger partial charge < -0.3 is 14.8 Å². The molecule has 1 heterocycles. The lowest BCUT2D eigenvalue weighted by Gasteiger charge is -2.18. The van der Waals surface area contributed by atoms with Crippen molar-refractivity contribution in [2.75, 3.05) is 19.5 Å². The van der Waals surface area contributed by atoms with Crippen LogP contribution in [0.4, 0.5) is 5.13 Å². The lowest BCUT2D eigenvalue weighted by molar-refractivity contribution is -0.139. The van der Waals surface area contributed by atoms with Crippen molar-refractivity contribution in [3.8, 4) is 0 Å². The van der Waals surface area contributed by atoms with Crippen molar-refractivity contribution in [3.63, 3.8) is 0 Å². The van der Waals surface area contributed by atoms with Crippen LogP contribution in [-0.4, -0.2) is 37.3 Å². The van der Waals surface area contributed by atoms with E-state index in [-0.39, 0.29) is 18.5 Å². The summed E-state index contributed by atoms with van der Waals surface area (Å²) in [7, 11) is 3.13. The van der Waals surface area contributed by atoms with Crippen LogP contribution in [0.25, 0.3) is 0 Å². The summed E-state index contributed by atoms with van der Waals surface area (Å²) >= 11 is 1.52. The molecule has 1 fully saturated rings. The lowest BCUT2D eigenvalue weighted by Crippen LogP contribution is -2.29. The van der Waals surface area contributed by atoms with Gasteiger partial charge >= 0.3 is 5.97 Å². The van der Waals surface area contributed by atoms with Gasteiger partial charge in [0, 0.05) is 12.5 Å². The molecular weight excluding hydrogens is 252 g/mol. The Labute approximate surface area is 111 Å². The Kier molecular flexibility index (Phi) is 4.54. The quantitative estimate of drug-likeness (QED) is 0.827. The second-order valence-electron chi connectivity index (χ2n) is 4.35. The van der Waals surface area contributed by atoms with Crippen LogP contribution >= 0.6 is 11.3 Å². The van der Waals surface area contributed by atoms with E-state index < -0.39 is 0 Å². The monoisotopic (exact) mass is 270 g/mol. The van der Waals surface area contributed by atoms with Gasteiger partial charge in [0.15, 0.2) is 5.13 Å². The first-order valence-corrected chi connectivity index (χ1v) is 6.91. The number of carbonyl (C=O) groups excluding carboxylic acids is 1. The summed E-state index contributed by atoms with van der Waals surface area (Å²) in [5.74, 6) is -0.262. The van der Waals surface area contributed by atoms with Crippen LogP contribution < -0.4 is 5.32 Å². The number of hydrogen-bond donors (Lipinski definition) is 1. The Balaban J connectivity index is 1.92. The number of methoxy groups -OCH3 is 2. The minimum Gasteiger partial charge on any atom is -0.469 e. The maximum atomic E-state index is 11.1. The Morgan fingerprint density at radius 1 is 1.56 bits per heavy atom. The number of carbonyl (C=O) groups is 1. The molecule has 0 radical (unpaired) electrons. The van der Waals surface area contributed by atoms with Crippen molar-refractivity contribution in [2.24, 2.45) is 0 Å². The number of nitrogens with zero attached hydrogens (tertiary/aromatic N) is 1. The molecule has 0 saturated heterocycles. The zero-order valence-electron chi connectivity index (χ0n) is 10.6. The molecule has 0 bridgehead atoms. The summed E-state index contributed by atoms with van der Waals surface area (Å²) in [4.78, 5) is 15.5. The Hall–Kier alpha value is -1.14. The first-order valence-electron chi connectivity index (χ1n) is 6.03. The topological polar surface area (TPSA) is 60.5 Å². The van der Waals surface area contributed by atoms with Gasteiger partial charge in [-0.2, -0.15) is 0 Å². The Morgan fingerprint density at radius 2 is 2.39 bits per heavy atom. The van der Waals surface area contributed by atoms with Gasteiger partial charge in [0.05, 0.1) is 31.4 Å². The van der Waals surface area contributed by atoms with E-state index in [1.807, 2.05) is 5.38 Å². The van der Waals surface area contributed by atoms with Crippen LogP contribution in [0.1, 0.15) is 25.0 Å². The number of hydrogen-bond acceptors (Lipinski definition) is 6. The molecule has 18 heavy (non-hydrogen) atoms. The molecule has 5 nitrogen and oxygen atoms in total. The molecule has 0 amide bonds. The molecule has 6 heteroatoms. The van der Waals surface area contributed by atoms with E-state index in [0.717, 1.165) is 23.7 Å². The SMILES string of the molecule is COC(=O)Cc1csc(NC2CCCC2OC)n1. The molecule has 1 aliphatic carbocycles. The third-order valence-corrected chi connectivity index (χ3v) is 3.99. The molecule has 1 aromatic rings. The highest BCUT2D eigenvalue weighted by atomic mass is 32.1. The third kappa shape index (κ3) is 3.20. The van der Waals surface area contributed by atoms with Gasteiger partial charge in [-0.1, -0.05) is 0 Å². The number of aromatic nitrogens is 1. The average molecular weight is 270 g/mol. The molecule has 2 atom stereocenters. The van der Waals surface area contributed by atoms with Crippen LogP contribution in [0.5, 0.6) is 0 Å². The smallest absolute Gasteiger partial charge is 0.311 e. The summed E-state index contributed by atoms with van der Waals surface area (Å²) in [5.41, 5.74) is 0.751. The van der Waals surface area contributed by atoms with Crippen molar-refractivity contribution in [1.29, 1.82) is 0 Å². The van der Waals surface area contributed by atoms with Crippen LogP contribution in [0, 0.1) is 0 Å². The highest BCUT2D eigenvalue weighted by Crippen LogP contribution is 2.26. The van der Waals surface area contributed by atoms with Crippen molar-refractivity contribution >= 4 is 22.4 Å². The van der Waals surface area contributed by atoms with E-state index in [1.165, 1.54) is 24.9 Å². The normalized spacial score (nSPS) is 23.0. The Morgan fingerprint density at radius 3 is 3.11 bits per heavy atom. The molecule has 1 aromatic heterocycles. The minimum atomic E-state index is -0.262.